The number of hydrogen-bond acceptors (Lipinski definition) is 3. The molecule has 1 aromatic rings. The molecule has 0 atom stereocenters. The molecular formula is C13H23N3. The number of nitrogens with zero attached hydrogens (tertiary/aromatic N) is 2. The third-order valence-corrected chi connectivity index (χ3v) is 2.98. The largest absolute Gasteiger partial charge is 0.369 e. The van der Waals surface area contributed by atoms with Crippen LogP contribution in [-0.4, -0.2) is 16.5 Å². The molecule has 0 aliphatic carbocycles. The van der Waals surface area contributed by atoms with Gasteiger partial charge in [0.05, 0.1) is 0 Å². The van der Waals surface area contributed by atoms with Crippen LogP contribution in [0.1, 0.15) is 52.7 Å². The summed E-state index contributed by atoms with van der Waals surface area (Å²) in [5, 5.41) is 3.38. The van der Waals surface area contributed by atoms with Gasteiger partial charge in [0.15, 0.2) is 0 Å². The molecule has 1 rings (SSSR count). The first kappa shape index (κ1) is 12.9. The molecule has 0 saturated carbocycles. The van der Waals surface area contributed by atoms with Crippen LogP contribution in [0.3, 0.4) is 0 Å². The van der Waals surface area contributed by atoms with E-state index in [9.17, 15) is 0 Å². The second kappa shape index (κ2) is 5.28. The molecular weight excluding hydrogens is 198 g/mol. The summed E-state index contributed by atoms with van der Waals surface area (Å²) < 4.78 is 0. The molecule has 0 radical (unpaired) electrons. The van der Waals surface area contributed by atoms with Gasteiger partial charge in [-0.05, 0) is 17.8 Å². The smallest absolute Gasteiger partial charge is 0.129 e. The van der Waals surface area contributed by atoms with Crippen LogP contribution < -0.4 is 5.32 Å². The van der Waals surface area contributed by atoms with Crippen molar-refractivity contribution in [1.29, 1.82) is 0 Å². The fraction of sp³-hybridized carbons (Fsp3) is 0.692. The summed E-state index contributed by atoms with van der Waals surface area (Å²) in [6, 6.07) is 2.04. The molecule has 3 nitrogen and oxygen atoms in total. The first-order valence-corrected chi connectivity index (χ1v) is 6.00. The van der Waals surface area contributed by atoms with Crippen molar-refractivity contribution in [3.63, 3.8) is 0 Å². The van der Waals surface area contributed by atoms with Gasteiger partial charge in [-0.2, -0.15) is 0 Å². The second-order valence-corrected chi connectivity index (χ2v) is 5.35. The van der Waals surface area contributed by atoms with E-state index >= 15 is 0 Å². The van der Waals surface area contributed by atoms with E-state index in [-0.39, 0.29) is 0 Å². The van der Waals surface area contributed by atoms with Crippen LogP contribution in [0.4, 0.5) is 5.82 Å². The van der Waals surface area contributed by atoms with Crippen molar-refractivity contribution in [1.82, 2.24) is 9.97 Å². The van der Waals surface area contributed by atoms with Crippen LogP contribution >= 0.6 is 0 Å². The summed E-state index contributed by atoms with van der Waals surface area (Å²) in [6.07, 6.45) is 2.79. The van der Waals surface area contributed by atoms with Gasteiger partial charge in [-0.25, -0.2) is 9.97 Å². The van der Waals surface area contributed by atoms with E-state index in [0.717, 1.165) is 24.5 Å². The minimum Gasteiger partial charge on any atom is -0.369 e. The van der Waals surface area contributed by atoms with Crippen LogP contribution in [0.15, 0.2) is 12.4 Å². The molecule has 0 amide bonds. The summed E-state index contributed by atoms with van der Waals surface area (Å²) in [5.41, 5.74) is 1.40. The minimum atomic E-state index is 0.308. The maximum Gasteiger partial charge on any atom is 0.129 e. The molecule has 0 bridgehead atoms. The van der Waals surface area contributed by atoms with Gasteiger partial charge in [0.1, 0.15) is 12.1 Å². The summed E-state index contributed by atoms with van der Waals surface area (Å²) in [4.78, 5) is 8.49. The average molecular weight is 221 g/mol. The predicted octanol–water partition coefficient (Wildman–Crippen LogP) is 3.45. The Morgan fingerprint density at radius 2 is 2.00 bits per heavy atom. The van der Waals surface area contributed by atoms with E-state index < -0.39 is 0 Å². The standard InChI is InChI=1S/C13H23N3/c1-6-13(4,5)8-14-12-7-11(10(2)3)15-9-16-12/h7,9-10H,6,8H2,1-5H3,(H,14,15,16). The SMILES string of the molecule is CCC(C)(C)CNc1cc(C(C)C)ncn1. The molecule has 0 aromatic carbocycles. The van der Waals surface area contributed by atoms with Crippen molar-refractivity contribution in [2.45, 2.75) is 47.0 Å². The predicted molar refractivity (Wildman–Crippen MR) is 68.7 cm³/mol. The molecule has 0 aliphatic rings. The highest BCUT2D eigenvalue weighted by molar-refractivity contribution is 5.35. The lowest BCUT2D eigenvalue weighted by molar-refractivity contribution is 0.376. The molecule has 16 heavy (non-hydrogen) atoms. The first-order valence-electron chi connectivity index (χ1n) is 6.00. The third kappa shape index (κ3) is 3.80. The molecule has 1 heterocycles. The van der Waals surface area contributed by atoms with Crippen molar-refractivity contribution >= 4 is 5.82 Å². The zero-order valence-electron chi connectivity index (χ0n) is 11.0. The van der Waals surface area contributed by atoms with Gasteiger partial charge in [-0.3, -0.25) is 0 Å². The van der Waals surface area contributed by atoms with Crippen molar-refractivity contribution in [2.75, 3.05) is 11.9 Å². The summed E-state index contributed by atoms with van der Waals surface area (Å²) in [6.45, 7) is 11.9. The topological polar surface area (TPSA) is 37.8 Å². The maximum absolute atomic E-state index is 4.25. The van der Waals surface area contributed by atoms with Crippen LogP contribution in [0.2, 0.25) is 0 Å². The van der Waals surface area contributed by atoms with Crippen molar-refractivity contribution < 1.29 is 0 Å². The molecule has 0 fully saturated rings. The summed E-state index contributed by atoms with van der Waals surface area (Å²) in [5.74, 6) is 1.38. The summed E-state index contributed by atoms with van der Waals surface area (Å²) in [7, 11) is 0. The Hall–Kier alpha value is -1.12. The Labute approximate surface area is 98.7 Å². The summed E-state index contributed by atoms with van der Waals surface area (Å²) >= 11 is 0. The lowest BCUT2D eigenvalue weighted by Crippen LogP contribution is -2.22. The van der Waals surface area contributed by atoms with Gasteiger partial charge in [0, 0.05) is 18.3 Å². The first-order chi connectivity index (χ1) is 7.44. The molecule has 0 aliphatic heterocycles. The lowest BCUT2D eigenvalue weighted by Gasteiger charge is -2.23. The number of anilines is 1. The second-order valence-electron chi connectivity index (χ2n) is 5.35. The molecule has 0 saturated heterocycles. The fourth-order valence-electron chi connectivity index (χ4n) is 1.24. The highest BCUT2D eigenvalue weighted by Gasteiger charge is 2.14. The highest BCUT2D eigenvalue weighted by atomic mass is 15.0. The molecule has 3 heteroatoms. The fourth-order valence-corrected chi connectivity index (χ4v) is 1.24. The van der Waals surface area contributed by atoms with Gasteiger partial charge < -0.3 is 5.32 Å². The van der Waals surface area contributed by atoms with Crippen LogP contribution in [0, 0.1) is 5.41 Å². The Kier molecular flexibility index (Phi) is 4.27. The van der Waals surface area contributed by atoms with Crippen molar-refractivity contribution in [3.05, 3.63) is 18.1 Å². The average Bonchev–Trinajstić information content (AvgIpc) is 2.27. The van der Waals surface area contributed by atoms with Crippen molar-refractivity contribution in [2.24, 2.45) is 5.41 Å². The van der Waals surface area contributed by atoms with Gasteiger partial charge >= 0.3 is 0 Å². The Balaban J connectivity index is 2.64. The van der Waals surface area contributed by atoms with Gasteiger partial charge in [0.2, 0.25) is 0 Å². The van der Waals surface area contributed by atoms with E-state index in [2.05, 4.69) is 49.9 Å². The molecule has 90 valence electrons. The van der Waals surface area contributed by atoms with E-state index in [1.807, 2.05) is 6.07 Å². The Bertz CT molecular complexity index is 332. The normalized spacial score (nSPS) is 11.9. The van der Waals surface area contributed by atoms with Gasteiger partial charge in [-0.15, -0.1) is 0 Å². The maximum atomic E-state index is 4.25. The lowest BCUT2D eigenvalue weighted by atomic mass is 9.90. The zero-order valence-corrected chi connectivity index (χ0v) is 11.0. The van der Waals surface area contributed by atoms with E-state index in [1.165, 1.54) is 0 Å². The number of hydrogen-bond donors (Lipinski definition) is 1. The number of aromatic nitrogens is 2. The van der Waals surface area contributed by atoms with Gasteiger partial charge in [-0.1, -0.05) is 34.6 Å². The van der Waals surface area contributed by atoms with E-state index in [4.69, 9.17) is 0 Å². The third-order valence-electron chi connectivity index (χ3n) is 2.98. The zero-order chi connectivity index (χ0) is 12.2. The number of rotatable bonds is 5. The monoisotopic (exact) mass is 221 g/mol. The van der Waals surface area contributed by atoms with E-state index in [0.29, 0.717) is 11.3 Å². The molecule has 1 aromatic heterocycles. The molecule has 0 spiro atoms. The van der Waals surface area contributed by atoms with Gasteiger partial charge in [0.25, 0.3) is 0 Å². The Morgan fingerprint density at radius 1 is 1.31 bits per heavy atom. The Morgan fingerprint density at radius 3 is 2.56 bits per heavy atom. The van der Waals surface area contributed by atoms with Crippen LogP contribution in [0.25, 0.3) is 0 Å². The van der Waals surface area contributed by atoms with Crippen LogP contribution in [0.5, 0.6) is 0 Å². The minimum absolute atomic E-state index is 0.308. The number of nitrogens with one attached hydrogen (secondary N) is 1. The van der Waals surface area contributed by atoms with Crippen molar-refractivity contribution in [3.8, 4) is 0 Å². The molecule has 1 N–H and O–H groups in total. The highest BCUT2D eigenvalue weighted by Crippen LogP contribution is 2.20. The quantitative estimate of drug-likeness (QED) is 0.827. The van der Waals surface area contributed by atoms with E-state index in [1.54, 1.807) is 6.33 Å². The van der Waals surface area contributed by atoms with Crippen LogP contribution in [-0.2, 0) is 0 Å². The molecule has 0 unspecified atom stereocenters.